The van der Waals surface area contributed by atoms with Gasteiger partial charge in [0.15, 0.2) is 16.6 Å². The molecular formula is C19H24N3O5S+. The number of hydrogen-bond donors (Lipinski definition) is 1. The summed E-state index contributed by atoms with van der Waals surface area (Å²) in [7, 11) is 4.18. The molecular weight excluding hydrogens is 382 g/mol. The summed E-state index contributed by atoms with van der Waals surface area (Å²) in [5, 5.41) is 0.631. The number of ether oxygens (including phenoxy) is 4. The lowest BCUT2D eigenvalue weighted by atomic mass is 10.3. The molecule has 4 rings (SSSR count). The van der Waals surface area contributed by atoms with Crippen LogP contribution in [-0.2, 0) is 14.3 Å². The molecule has 150 valence electrons. The van der Waals surface area contributed by atoms with E-state index in [4.69, 9.17) is 23.9 Å². The molecule has 1 N–H and O–H groups in total. The number of anilines is 1. The number of benzene rings is 1. The number of carbonyl (C=O) groups is 1. The topological polar surface area (TPSA) is 74.6 Å². The molecule has 0 aliphatic carbocycles. The fourth-order valence-corrected chi connectivity index (χ4v) is 4.06. The van der Waals surface area contributed by atoms with Gasteiger partial charge in [-0.25, -0.2) is 4.98 Å². The monoisotopic (exact) mass is 406 g/mol. The summed E-state index contributed by atoms with van der Waals surface area (Å²) >= 11 is 1.46. The second-order valence-corrected chi connectivity index (χ2v) is 7.94. The van der Waals surface area contributed by atoms with E-state index in [1.54, 1.807) is 4.90 Å². The number of thiazole rings is 1. The van der Waals surface area contributed by atoms with Crippen molar-refractivity contribution in [2.45, 2.75) is 6.42 Å². The molecule has 0 fully saturated rings. The zero-order valence-electron chi connectivity index (χ0n) is 16.0. The maximum Gasteiger partial charge on any atom is 0.298 e. The number of nitrogens with one attached hydrogen (secondary N) is 1. The molecule has 3 heterocycles. The van der Waals surface area contributed by atoms with Crippen LogP contribution >= 0.6 is 11.3 Å². The average Bonchev–Trinajstić information content (AvgIpc) is 3.11. The predicted octanol–water partition coefficient (Wildman–Crippen LogP) is 0.823. The van der Waals surface area contributed by atoms with Gasteiger partial charge in [0.2, 0.25) is 5.76 Å². The van der Waals surface area contributed by atoms with Crippen molar-refractivity contribution in [3.63, 3.8) is 0 Å². The van der Waals surface area contributed by atoms with Crippen molar-refractivity contribution in [3.05, 3.63) is 24.2 Å². The van der Waals surface area contributed by atoms with Gasteiger partial charge < -0.3 is 23.8 Å². The van der Waals surface area contributed by atoms with E-state index in [-0.39, 0.29) is 11.7 Å². The molecule has 0 saturated carbocycles. The van der Waals surface area contributed by atoms with Crippen molar-refractivity contribution >= 4 is 32.6 Å². The second kappa shape index (κ2) is 8.24. The molecule has 0 saturated heterocycles. The van der Waals surface area contributed by atoms with E-state index in [9.17, 15) is 4.79 Å². The molecule has 2 aliphatic rings. The van der Waals surface area contributed by atoms with Crippen molar-refractivity contribution in [2.24, 2.45) is 0 Å². The number of rotatable bonds is 6. The Balaban J connectivity index is 1.64. The van der Waals surface area contributed by atoms with Crippen molar-refractivity contribution in [1.29, 1.82) is 0 Å². The maximum atomic E-state index is 13.1. The number of aromatic nitrogens is 1. The average molecular weight is 406 g/mol. The van der Waals surface area contributed by atoms with Crippen LogP contribution in [-0.4, -0.2) is 64.5 Å². The van der Waals surface area contributed by atoms with Gasteiger partial charge in [-0.3, -0.25) is 9.69 Å². The highest BCUT2D eigenvalue weighted by Crippen LogP contribution is 2.39. The van der Waals surface area contributed by atoms with E-state index in [1.807, 2.05) is 12.1 Å². The normalized spacial score (nSPS) is 15.8. The molecule has 1 aromatic heterocycles. The maximum absolute atomic E-state index is 13.1. The Labute approximate surface area is 167 Å². The van der Waals surface area contributed by atoms with E-state index in [2.05, 4.69) is 14.1 Å². The van der Waals surface area contributed by atoms with E-state index < -0.39 is 0 Å². The van der Waals surface area contributed by atoms with Gasteiger partial charge in [0.05, 0.1) is 30.9 Å². The number of amides is 1. The Kier molecular flexibility index (Phi) is 5.54. The number of hydrogen-bond acceptors (Lipinski definition) is 7. The minimum atomic E-state index is -0.232. The summed E-state index contributed by atoms with van der Waals surface area (Å²) in [4.78, 5) is 20.8. The van der Waals surface area contributed by atoms with Gasteiger partial charge >= 0.3 is 0 Å². The molecule has 0 unspecified atom stereocenters. The van der Waals surface area contributed by atoms with Gasteiger partial charge in [0.1, 0.15) is 32.7 Å². The molecule has 9 heteroatoms. The standard InChI is InChI=1S/C19H23N3O5S/c1-21(2)4-3-5-22(18(23)16-12-24-6-7-27-16)19-20-13-10-14-15(11-17(13)28-19)26-9-8-25-14/h10-12H,3-9H2,1-2H3/p+1. The first-order chi connectivity index (χ1) is 13.6. The SMILES string of the molecule is C[NH+](C)CCCN(C(=O)C1=COCCO1)c1nc2cc3c(cc2s1)OCCO3. The minimum absolute atomic E-state index is 0.216. The smallest absolute Gasteiger partial charge is 0.298 e. The first-order valence-electron chi connectivity index (χ1n) is 9.37. The Hall–Kier alpha value is -2.52. The van der Waals surface area contributed by atoms with Gasteiger partial charge in [-0.05, 0) is 0 Å². The van der Waals surface area contributed by atoms with Crippen molar-refractivity contribution in [1.82, 2.24) is 4.98 Å². The van der Waals surface area contributed by atoms with E-state index in [0.717, 1.165) is 28.9 Å². The van der Waals surface area contributed by atoms with Gasteiger partial charge in [-0.1, -0.05) is 11.3 Å². The van der Waals surface area contributed by atoms with Gasteiger partial charge in [0.25, 0.3) is 5.91 Å². The van der Waals surface area contributed by atoms with Crippen LogP contribution in [0.2, 0.25) is 0 Å². The Morgan fingerprint density at radius 1 is 1.14 bits per heavy atom. The lowest BCUT2D eigenvalue weighted by Crippen LogP contribution is -3.05. The van der Waals surface area contributed by atoms with Crippen LogP contribution in [0.1, 0.15) is 6.42 Å². The first kappa shape index (κ1) is 18.8. The second-order valence-electron chi connectivity index (χ2n) is 6.93. The first-order valence-corrected chi connectivity index (χ1v) is 10.2. The molecule has 2 aliphatic heterocycles. The molecule has 1 amide bonds. The predicted molar refractivity (Wildman–Crippen MR) is 105 cm³/mol. The molecule has 1 aromatic carbocycles. The third-order valence-electron chi connectivity index (χ3n) is 4.44. The van der Waals surface area contributed by atoms with Crippen molar-refractivity contribution in [3.8, 4) is 11.5 Å². The van der Waals surface area contributed by atoms with Gasteiger partial charge in [-0.2, -0.15) is 0 Å². The zero-order valence-corrected chi connectivity index (χ0v) is 16.8. The highest BCUT2D eigenvalue weighted by molar-refractivity contribution is 7.22. The van der Waals surface area contributed by atoms with Crippen LogP contribution in [0.25, 0.3) is 10.2 Å². The largest absolute Gasteiger partial charge is 0.494 e. The van der Waals surface area contributed by atoms with Crippen LogP contribution < -0.4 is 19.3 Å². The number of fused-ring (bicyclic) bond motifs is 2. The lowest BCUT2D eigenvalue weighted by Gasteiger charge is -2.23. The van der Waals surface area contributed by atoms with E-state index in [0.29, 0.717) is 43.9 Å². The molecule has 0 atom stereocenters. The third-order valence-corrected chi connectivity index (χ3v) is 5.48. The Morgan fingerprint density at radius 3 is 2.61 bits per heavy atom. The van der Waals surface area contributed by atoms with Gasteiger partial charge in [0, 0.05) is 25.1 Å². The van der Waals surface area contributed by atoms with E-state index >= 15 is 0 Å². The zero-order chi connectivity index (χ0) is 19.5. The number of quaternary nitrogens is 1. The molecule has 2 aromatic rings. The van der Waals surface area contributed by atoms with Gasteiger partial charge in [-0.15, -0.1) is 0 Å². The Morgan fingerprint density at radius 2 is 1.89 bits per heavy atom. The van der Waals surface area contributed by atoms with Crippen LogP contribution in [0.3, 0.4) is 0 Å². The van der Waals surface area contributed by atoms with Crippen molar-refractivity contribution in [2.75, 3.05) is 58.5 Å². The van der Waals surface area contributed by atoms with Crippen LogP contribution in [0.15, 0.2) is 24.2 Å². The molecule has 0 bridgehead atoms. The summed E-state index contributed by atoms with van der Waals surface area (Å²) in [5.41, 5.74) is 0.787. The fraction of sp³-hybridized carbons (Fsp3) is 0.474. The summed E-state index contributed by atoms with van der Waals surface area (Å²) in [6.07, 6.45) is 2.24. The summed E-state index contributed by atoms with van der Waals surface area (Å²) in [5.74, 6) is 1.39. The fourth-order valence-electron chi connectivity index (χ4n) is 3.06. The summed E-state index contributed by atoms with van der Waals surface area (Å²) < 4.78 is 23.0. The molecule has 8 nitrogen and oxygen atoms in total. The van der Waals surface area contributed by atoms with Crippen LogP contribution in [0.5, 0.6) is 11.5 Å². The van der Waals surface area contributed by atoms with E-state index in [1.165, 1.54) is 22.5 Å². The molecule has 0 radical (unpaired) electrons. The Bertz CT molecular complexity index is 852. The quantitative estimate of drug-likeness (QED) is 0.766. The van der Waals surface area contributed by atoms with Crippen LogP contribution in [0, 0.1) is 0 Å². The molecule has 0 spiro atoms. The number of carbonyl (C=O) groups excluding carboxylic acids is 1. The summed E-state index contributed by atoms with van der Waals surface area (Å²) in [6.45, 7) is 3.38. The highest BCUT2D eigenvalue weighted by atomic mass is 32.1. The molecule has 28 heavy (non-hydrogen) atoms. The van der Waals surface area contributed by atoms with Crippen molar-refractivity contribution < 1.29 is 28.6 Å². The summed E-state index contributed by atoms with van der Waals surface area (Å²) in [6, 6.07) is 3.80. The lowest BCUT2D eigenvalue weighted by molar-refractivity contribution is -0.858. The highest BCUT2D eigenvalue weighted by Gasteiger charge is 2.27. The minimum Gasteiger partial charge on any atom is -0.494 e. The van der Waals surface area contributed by atoms with Crippen LogP contribution in [0.4, 0.5) is 5.13 Å². The third kappa shape index (κ3) is 4.00. The number of nitrogens with zero attached hydrogens (tertiary/aromatic N) is 2.